The molecule has 1 aromatic carbocycles. The summed E-state index contributed by atoms with van der Waals surface area (Å²) in [6, 6.07) is 8.15. The summed E-state index contributed by atoms with van der Waals surface area (Å²) in [4.78, 5) is 11.7. The fourth-order valence-electron chi connectivity index (χ4n) is 1.72. The van der Waals surface area contributed by atoms with Gasteiger partial charge in [0, 0.05) is 19.6 Å². The number of amides is 1. The van der Waals surface area contributed by atoms with Crippen molar-refractivity contribution < 1.29 is 9.53 Å². The van der Waals surface area contributed by atoms with Crippen molar-refractivity contribution >= 4 is 5.91 Å². The maximum Gasteiger partial charge on any atom is 0.220 e. The Bertz CT molecular complexity index is 390. The summed E-state index contributed by atoms with van der Waals surface area (Å²) < 4.78 is 5.34. The summed E-state index contributed by atoms with van der Waals surface area (Å²) in [6.45, 7) is 10.1. The minimum atomic E-state index is 0.0332. The Kier molecular flexibility index (Phi) is 6.03. The third-order valence-corrected chi connectivity index (χ3v) is 2.68. The number of carbonyl (C=O) groups is 1. The lowest BCUT2D eigenvalue weighted by Gasteiger charge is -2.17. The molecule has 1 aromatic rings. The minimum Gasteiger partial charge on any atom is -0.377 e. The maximum absolute atomic E-state index is 11.7. The van der Waals surface area contributed by atoms with Crippen molar-refractivity contribution in [2.45, 2.75) is 47.3 Å². The van der Waals surface area contributed by atoms with E-state index < -0.39 is 0 Å². The first-order chi connectivity index (χ1) is 8.90. The van der Waals surface area contributed by atoms with Crippen LogP contribution in [0.5, 0.6) is 0 Å². The first-order valence-corrected chi connectivity index (χ1v) is 6.83. The second-order valence-electron chi connectivity index (χ2n) is 5.97. The van der Waals surface area contributed by atoms with Crippen LogP contribution in [0.3, 0.4) is 0 Å². The van der Waals surface area contributed by atoms with Gasteiger partial charge in [0.15, 0.2) is 0 Å². The Morgan fingerprint density at radius 3 is 2.26 bits per heavy atom. The molecule has 3 nitrogen and oxygen atoms in total. The quantitative estimate of drug-likeness (QED) is 0.855. The largest absolute Gasteiger partial charge is 0.377 e. The molecule has 0 heterocycles. The van der Waals surface area contributed by atoms with Gasteiger partial charge in [-0.2, -0.15) is 0 Å². The van der Waals surface area contributed by atoms with E-state index in [9.17, 15) is 4.79 Å². The Hall–Kier alpha value is -1.35. The summed E-state index contributed by atoms with van der Waals surface area (Å²) in [6.07, 6.45) is 0.551. The van der Waals surface area contributed by atoms with Crippen LogP contribution in [0.4, 0.5) is 0 Å². The van der Waals surface area contributed by atoms with Gasteiger partial charge in [-0.3, -0.25) is 4.79 Å². The topological polar surface area (TPSA) is 38.3 Å². The van der Waals surface area contributed by atoms with E-state index in [1.54, 1.807) is 0 Å². The molecule has 0 aliphatic heterocycles. The van der Waals surface area contributed by atoms with Gasteiger partial charge < -0.3 is 10.1 Å². The van der Waals surface area contributed by atoms with Crippen molar-refractivity contribution in [3.8, 4) is 0 Å². The molecule has 0 fully saturated rings. The van der Waals surface area contributed by atoms with Crippen molar-refractivity contribution in [1.82, 2.24) is 5.32 Å². The minimum absolute atomic E-state index is 0.0332. The first kappa shape index (κ1) is 15.7. The lowest BCUT2D eigenvalue weighted by molar-refractivity contribution is -0.122. The van der Waals surface area contributed by atoms with E-state index in [-0.39, 0.29) is 11.3 Å². The van der Waals surface area contributed by atoms with E-state index >= 15 is 0 Å². The Balaban J connectivity index is 2.39. The van der Waals surface area contributed by atoms with Crippen LogP contribution < -0.4 is 5.32 Å². The Morgan fingerprint density at radius 1 is 1.16 bits per heavy atom. The van der Waals surface area contributed by atoms with Crippen molar-refractivity contribution in [1.29, 1.82) is 0 Å². The molecule has 0 aromatic heterocycles. The number of carbonyl (C=O) groups excluding carboxylic acids is 1. The van der Waals surface area contributed by atoms with Crippen LogP contribution in [0.2, 0.25) is 0 Å². The number of hydrogen-bond donors (Lipinski definition) is 1. The second-order valence-corrected chi connectivity index (χ2v) is 5.97. The third kappa shape index (κ3) is 6.97. The molecule has 0 bridgehead atoms. The van der Waals surface area contributed by atoms with Gasteiger partial charge in [-0.05, 0) is 23.5 Å². The Labute approximate surface area is 116 Å². The third-order valence-electron chi connectivity index (χ3n) is 2.68. The summed E-state index contributed by atoms with van der Waals surface area (Å²) in [5.74, 6) is 0.103. The van der Waals surface area contributed by atoms with Gasteiger partial charge in [0.1, 0.15) is 0 Å². The lowest BCUT2D eigenvalue weighted by Crippen LogP contribution is -2.27. The zero-order valence-corrected chi connectivity index (χ0v) is 12.5. The summed E-state index contributed by atoms with van der Waals surface area (Å²) in [7, 11) is 0. The molecule has 1 N–H and O–H groups in total. The molecule has 0 atom stereocenters. The number of hydrogen-bond acceptors (Lipinski definition) is 2. The molecule has 3 heteroatoms. The van der Waals surface area contributed by atoms with Crippen molar-refractivity contribution in [3.05, 3.63) is 35.4 Å². The van der Waals surface area contributed by atoms with Crippen LogP contribution in [0.25, 0.3) is 0 Å². The van der Waals surface area contributed by atoms with E-state index in [0.29, 0.717) is 19.6 Å². The number of ether oxygens (including phenoxy) is 1. The molecule has 1 rings (SSSR count). The number of benzene rings is 1. The highest BCUT2D eigenvalue weighted by molar-refractivity contribution is 5.76. The summed E-state index contributed by atoms with van der Waals surface area (Å²) >= 11 is 0. The molecule has 0 unspecified atom stereocenters. The van der Waals surface area contributed by atoms with Crippen LogP contribution in [-0.2, 0) is 22.7 Å². The zero-order valence-electron chi connectivity index (χ0n) is 12.5. The van der Waals surface area contributed by atoms with Crippen LogP contribution >= 0.6 is 0 Å². The van der Waals surface area contributed by atoms with Crippen LogP contribution in [0.1, 0.15) is 45.2 Å². The predicted octanol–water partition coefficient (Wildman–Crippen LogP) is 3.28. The highest BCUT2D eigenvalue weighted by atomic mass is 16.5. The second kappa shape index (κ2) is 7.29. The van der Waals surface area contributed by atoms with Gasteiger partial charge >= 0.3 is 0 Å². The molecule has 19 heavy (non-hydrogen) atoms. The number of rotatable bonds is 6. The highest BCUT2D eigenvalue weighted by Gasteiger charge is 2.15. The molecule has 106 valence electrons. The van der Waals surface area contributed by atoms with E-state index in [4.69, 9.17) is 4.74 Å². The smallest absolute Gasteiger partial charge is 0.220 e. The average Bonchev–Trinajstić information content (AvgIpc) is 2.33. The molecule has 0 aliphatic rings. The average molecular weight is 263 g/mol. The van der Waals surface area contributed by atoms with Gasteiger partial charge in [-0.25, -0.2) is 0 Å². The van der Waals surface area contributed by atoms with Gasteiger partial charge in [0.05, 0.1) is 6.61 Å². The molecule has 0 spiro atoms. The van der Waals surface area contributed by atoms with Gasteiger partial charge in [-0.15, -0.1) is 0 Å². The monoisotopic (exact) mass is 263 g/mol. The highest BCUT2D eigenvalue weighted by Crippen LogP contribution is 2.17. The van der Waals surface area contributed by atoms with Crippen molar-refractivity contribution in [2.75, 3.05) is 6.61 Å². The normalized spacial score (nSPS) is 11.4. The molecular formula is C16H25NO2. The van der Waals surface area contributed by atoms with Crippen LogP contribution in [0, 0.1) is 5.41 Å². The molecule has 0 saturated heterocycles. The predicted molar refractivity (Wildman–Crippen MR) is 77.7 cm³/mol. The van der Waals surface area contributed by atoms with E-state index in [0.717, 1.165) is 17.7 Å². The molecule has 0 radical (unpaired) electrons. The van der Waals surface area contributed by atoms with Crippen molar-refractivity contribution in [2.24, 2.45) is 5.41 Å². The van der Waals surface area contributed by atoms with E-state index in [2.05, 4.69) is 26.1 Å². The SMILES string of the molecule is CCOCc1ccc(CNC(=O)CC(C)(C)C)cc1. The van der Waals surface area contributed by atoms with Gasteiger partial charge in [0.25, 0.3) is 0 Å². The first-order valence-electron chi connectivity index (χ1n) is 6.83. The van der Waals surface area contributed by atoms with Crippen LogP contribution in [0.15, 0.2) is 24.3 Å². The summed E-state index contributed by atoms with van der Waals surface area (Å²) in [5.41, 5.74) is 2.31. The fraction of sp³-hybridized carbons (Fsp3) is 0.562. The standard InChI is InChI=1S/C16H25NO2/c1-5-19-12-14-8-6-13(7-9-14)11-17-15(18)10-16(2,3)4/h6-9H,5,10-12H2,1-4H3,(H,17,18). The molecular weight excluding hydrogens is 238 g/mol. The number of nitrogens with one attached hydrogen (secondary N) is 1. The van der Waals surface area contributed by atoms with Gasteiger partial charge in [0.2, 0.25) is 5.91 Å². The van der Waals surface area contributed by atoms with E-state index in [1.165, 1.54) is 0 Å². The lowest BCUT2D eigenvalue weighted by atomic mass is 9.92. The molecule has 0 aliphatic carbocycles. The summed E-state index contributed by atoms with van der Waals surface area (Å²) in [5, 5.41) is 2.95. The molecule has 1 amide bonds. The fourth-order valence-corrected chi connectivity index (χ4v) is 1.72. The van der Waals surface area contributed by atoms with E-state index in [1.807, 2.05) is 31.2 Å². The zero-order chi connectivity index (χ0) is 14.3. The molecule has 0 saturated carbocycles. The maximum atomic E-state index is 11.7. The van der Waals surface area contributed by atoms with Crippen LogP contribution in [-0.4, -0.2) is 12.5 Å². The van der Waals surface area contributed by atoms with Crippen molar-refractivity contribution in [3.63, 3.8) is 0 Å². The Morgan fingerprint density at radius 2 is 1.74 bits per heavy atom. The van der Waals surface area contributed by atoms with Gasteiger partial charge in [-0.1, -0.05) is 45.0 Å².